The molecule has 0 amide bonds. The van der Waals surface area contributed by atoms with Gasteiger partial charge in [-0.05, 0) is 25.8 Å². The van der Waals surface area contributed by atoms with Gasteiger partial charge in [0.15, 0.2) is 0 Å². The van der Waals surface area contributed by atoms with Gasteiger partial charge in [0.05, 0.1) is 5.75 Å². The quantitative estimate of drug-likeness (QED) is 0.765. The van der Waals surface area contributed by atoms with E-state index in [0.717, 1.165) is 12.8 Å². The fraction of sp³-hybridized carbons (Fsp3) is 0.909. The van der Waals surface area contributed by atoms with E-state index in [4.69, 9.17) is 0 Å². The van der Waals surface area contributed by atoms with Gasteiger partial charge in [0.25, 0.3) is 0 Å². The van der Waals surface area contributed by atoms with Crippen LogP contribution < -0.4 is 0 Å². The topological polar surface area (TPSA) is 74.7 Å². The molecule has 0 aromatic rings. The van der Waals surface area contributed by atoms with Crippen molar-refractivity contribution in [1.29, 1.82) is 0 Å². The molecule has 1 N–H and O–H groups in total. The van der Waals surface area contributed by atoms with Crippen LogP contribution in [0, 0.1) is 0 Å². The van der Waals surface area contributed by atoms with Crippen molar-refractivity contribution in [3.8, 4) is 0 Å². The lowest BCUT2D eigenvalue weighted by Crippen LogP contribution is -2.51. The largest absolute Gasteiger partial charge is 0.480 e. The second-order valence-corrected chi connectivity index (χ2v) is 7.07. The number of hydrogen-bond donors (Lipinski definition) is 1. The number of carbonyl (C=O) groups is 1. The maximum absolute atomic E-state index is 11.5. The zero-order valence-electron chi connectivity index (χ0n) is 10.5. The van der Waals surface area contributed by atoms with Crippen LogP contribution in [0.15, 0.2) is 0 Å². The summed E-state index contributed by atoms with van der Waals surface area (Å²) in [5.41, 5.74) is -0.834. The minimum absolute atomic E-state index is 0.0335. The summed E-state index contributed by atoms with van der Waals surface area (Å²) in [6, 6.07) is 0. The van der Waals surface area contributed by atoms with Crippen LogP contribution in [0.3, 0.4) is 0 Å². The molecule has 1 rings (SSSR count). The zero-order chi connectivity index (χ0) is 13.1. The van der Waals surface area contributed by atoms with Crippen LogP contribution in [0.4, 0.5) is 0 Å². The number of carboxylic acids is 1. The Hall–Kier alpha value is -0.620. The smallest absolute Gasteiger partial charge is 0.324 e. The molecule has 17 heavy (non-hydrogen) atoms. The Bertz CT molecular complexity index is 379. The maximum atomic E-state index is 11.5. The lowest BCUT2D eigenvalue weighted by atomic mass is 9.91. The highest BCUT2D eigenvalue weighted by Gasteiger charge is 2.46. The SMILES string of the molecule is CCCC1(C(=O)O)CCCN1CCS(C)(=O)=O. The number of likely N-dealkylation sites (tertiary alicyclic amines) is 1. The number of nitrogens with zero attached hydrogens (tertiary/aromatic N) is 1. The average molecular weight is 263 g/mol. The predicted octanol–water partition coefficient (Wildman–Crippen LogP) is 0.750. The van der Waals surface area contributed by atoms with Crippen molar-refractivity contribution in [2.45, 2.75) is 38.1 Å². The molecule has 5 nitrogen and oxygen atoms in total. The van der Waals surface area contributed by atoms with Crippen molar-refractivity contribution in [3.05, 3.63) is 0 Å². The minimum atomic E-state index is -3.04. The normalized spacial score (nSPS) is 26.2. The van der Waals surface area contributed by atoms with Gasteiger partial charge in [-0.15, -0.1) is 0 Å². The Balaban J connectivity index is 2.78. The number of carboxylic acid groups (broad SMARTS) is 1. The van der Waals surface area contributed by atoms with E-state index < -0.39 is 21.3 Å². The van der Waals surface area contributed by atoms with Crippen LogP contribution in [-0.4, -0.2) is 55.0 Å². The standard InChI is InChI=1S/C11H21NO4S/c1-3-5-11(10(13)14)6-4-7-12(11)8-9-17(2,15)16/h3-9H2,1-2H3,(H,13,14). The Morgan fingerprint density at radius 2 is 2.12 bits per heavy atom. The van der Waals surface area contributed by atoms with Gasteiger partial charge in [0.2, 0.25) is 0 Å². The van der Waals surface area contributed by atoms with Crippen molar-refractivity contribution < 1.29 is 18.3 Å². The molecule has 1 heterocycles. The van der Waals surface area contributed by atoms with Gasteiger partial charge < -0.3 is 5.11 Å². The second kappa shape index (κ2) is 5.35. The van der Waals surface area contributed by atoms with E-state index in [0.29, 0.717) is 25.9 Å². The van der Waals surface area contributed by atoms with E-state index in [-0.39, 0.29) is 5.75 Å². The predicted molar refractivity (Wildman–Crippen MR) is 65.8 cm³/mol. The summed E-state index contributed by atoms with van der Waals surface area (Å²) in [7, 11) is -3.04. The molecule has 0 spiro atoms. The molecule has 1 aliphatic heterocycles. The summed E-state index contributed by atoms with van der Waals surface area (Å²) in [4.78, 5) is 13.3. The van der Waals surface area contributed by atoms with Gasteiger partial charge in [0, 0.05) is 12.8 Å². The summed E-state index contributed by atoms with van der Waals surface area (Å²) >= 11 is 0. The zero-order valence-corrected chi connectivity index (χ0v) is 11.3. The van der Waals surface area contributed by atoms with E-state index >= 15 is 0 Å². The first-order chi connectivity index (χ1) is 7.82. The number of aliphatic carboxylic acids is 1. The molecule has 0 radical (unpaired) electrons. The summed E-state index contributed by atoms with van der Waals surface area (Å²) in [6.07, 6.45) is 4.02. The highest BCUT2D eigenvalue weighted by molar-refractivity contribution is 7.90. The Morgan fingerprint density at radius 3 is 2.59 bits per heavy atom. The van der Waals surface area contributed by atoms with Crippen LogP contribution in [-0.2, 0) is 14.6 Å². The molecule has 1 saturated heterocycles. The molecule has 6 heteroatoms. The number of sulfone groups is 1. The molecule has 0 saturated carbocycles. The third-order valence-electron chi connectivity index (χ3n) is 3.42. The van der Waals surface area contributed by atoms with Crippen molar-refractivity contribution in [3.63, 3.8) is 0 Å². The van der Waals surface area contributed by atoms with Gasteiger partial charge in [0.1, 0.15) is 15.4 Å². The van der Waals surface area contributed by atoms with E-state index in [1.165, 1.54) is 6.26 Å². The van der Waals surface area contributed by atoms with Crippen LogP contribution in [0.2, 0.25) is 0 Å². The minimum Gasteiger partial charge on any atom is -0.480 e. The summed E-state index contributed by atoms with van der Waals surface area (Å²) in [5.74, 6) is -0.781. The third-order valence-corrected chi connectivity index (χ3v) is 4.34. The monoisotopic (exact) mass is 263 g/mol. The van der Waals surface area contributed by atoms with Gasteiger partial charge >= 0.3 is 5.97 Å². The lowest BCUT2D eigenvalue weighted by molar-refractivity contribution is -0.150. The molecule has 100 valence electrons. The first-order valence-corrected chi connectivity index (χ1v) is 8.04. The van der Waals surface area contributed by atoms with Crippen LogP contribution in [0.25, 0.3) is 0 Å². The molecular formula is C11H21NO4S. The van der Waals surface area contributed by atoms with Gasteiger partial charge in [-0.25, -0.2) is 8.42 Å². The van der Waals surface area contributed by atoms with Gasteiger partial charge in [-0.3, -0.25) is 9.69 Å². The Morgan fingerprint density at radius 1 is 1.47 bits per heavy atom. The highest BCUT2D eigenvalue weighted by Crippen LogP contribution is 2.33. The molecular weight excluding hydrogens is 242 g/mol. The van der Waals surface area contributed by atoms with Crippen molar-refractivity contribution >= 4 is 15.8 Å². The maximum Gasteiger partial charge on any atom is 0.324 e. The molecule has 0 aromatic heterocycles. The molecule has 0 aromatic carbocycles. The average Bonchev–Trinajstić information content (AvgIpc) is 2.59. The summed E-state index contributed by atoms with van der Waals surface area (Å²) in [6.45, 7) is 2.96. The summed E-state index contributed by atoms with van der Waals surface area (Å²) < 4.78 is 22.3. The van der Waals surface area contributed by atoms with E-state index in [2.05, 4.69) is 0 Å². The van der Waals surface area contributed by atoms with E-state index in [9.17, 15) is 18.3 Å². The molecule has 1 aliphatic rings. The van der Waals surface area contributed by atoms with Gasteiger partial charge in [-0.1, -0.05) is 13.3 Å². The third kappa shape index (κ3) is 3.42. The molecule has 1 unspecified atom stereocenters. The summed E-state index contributed by atoms with van der Waals surface area (Å²) in [5, 5.41) is 9.40. The molecule has 1 atom stereocenters. The van der Waals surface area contributed by atoms with Crippen molar-refractivity contribution in [1.82, 2.24) is 4.90 Å². The Labute approximate surface area is 103 Å². The fourth-order valence-corrected chi connectivity index (χ4v) is 3.13. The van der Waals surface area contributed by atoms with Gasteiger partial charge in [-0.2, -0.15) is 0 Å². The number of hydrogen-bond acceptors (Lipinski definition) is 4. The first kappa shape index (κ1) is 14.4. The number of rotatable bonds is 6. The first-order valence-electron chi connectivity index (χ1n) is 5.98. The van der Waals surface area contributed by atoms with Crippen LogP contribution in [0.1, 0.15) is 32.6 Å². The second-order valence-electron chi connectivity index (χ2n) is 4.81. The van der Waals surface area contributed by atoms with Crippen LogP contribution in [0.5, 0.6) is 0 Å². The van der Waals surface area contributed by atoms with Crippen LogP contribution >= 0.6 is 0 Å². The van der Waals surface area contributed by atoms with Crippen molar-refractivity contribution in [2.75, 3.05) is 25.1 Å². The fourth-order valence-electron chi connectivity index (χ4n) is 2.58. The molecule has 0 aliphatic carbocycles. The lowest BCUT2D eigenvalue weighted by Gasteiger charge is -2.34. The van der Waals surface area contributed by atoms with E-state index in [1.54, 1.807) is 0 Å². The van der Waals surface area contributed by atoms with Crippen molar-refractivity contribution in [2.24, 2.45) is 0 Å². The van der Waals surface area contributed by atoms with E-state index in [1.807, 2.05) is 11.8 Å². The highest BCUT2D eigenvalue weighted by atomic mass is 32.2. The molecule has 0 bridgehead atoms. The Kier molecular flexibility index (Phi) is 4.55. The molecule has 1 fully saturated rings.